The summed E-state index contributed by atoms with van der Waals surface area (Å²) in [5.74, 6) is -4.88. The first kappa shape index (κ1) is 19.8. The number of hydrogen-bond acceptors (Lipinski definition) is 2. The number of allylic oxidation sites excluding steroid dienone is 1. The van der Waals surface area contributed by atoms with E-state index >= 15 is 0 Å². The van der Waals surface area contributed by atoms with Crippen molar-refractivity contribution < 1.29 is 32.3 Å². The predicted molar refractivity (Wildman–Crippen MR) is 84.5 cm³/mol. The van der Waals surface area contributed by atoms with Gasteiger partial charge >= 0.3 is 5.97 Å². The quantitative estimate of drug-likeness (QED) is 0.509. The first-order valence-corrected chi connectivity index (χ1v) is 6.76. The fourth-order valence-electron chi connectivity index (χ4n) is 1.55. The van der Waals surface area contributed by atoms with Crippen LogP contribution in [0.15, 0.2) is 48.6 Å². The van der Waals surface area contributed by atoms with E-state index in [2.05, 4.69) is 0 Å². The Bertz CT molecular complexity index is 814. The Morgan fingerprint density at radius 1 is 0.800 bits per heavy atom. The molecule has 0 aromatic heterocycles. The topological polar surface area (TPSA) is 54.4 Å². The van der Waals surface area contributed by atoms with E-state index in [4.69, 9.17) is 5.11 Å². The van der Waals surface area contributed by atoms with Crippen LogP contribution in [0.25, 0.3) is 12.2 Å². The van der Waals surface area contributed by atoms with Crippen molar-refractivity contribution in [3.05, 3.63) is 82.9 Å². The van der Waals surface area contributed by atoms with E-state index in [0.717, 1.165) is 30.3 Å². The zero-order valence-electron chi connectivity index (χ0n) is 12.6. The second-order valence-electron chi connectivity index (χ2n) is 4.51. The maximum atomic E-state index is 12.5. The molecule has 0 fully saturated rings. The van der Waals surface area contributed by atoms with Gasteiger partial charge in [0.05, 0.1) is 0 Å². The zero-order valence-corrected chi connectivity index (χ0v) is 12.6. The van der Waals surface area contributed by atoms with Gasteiger partial charge in [0.15, 0.2) is 23.3 Å². The van der Waals surface area contributed by atoms with Crippen molar-refractivity contribution in [2.45, 2.75) is 0 Å². The number of carbonyl (C=O) groups is 2. The lowest BCUT2D eigenvalue weighted by atomic mass is 10.2. The van der Waals surface area contributed by atoms with Gasteiger partial charge in [-0.15, -0.1) is 0 Å². The molecule has 130 valence electrons. The third kappa shape index (κ3) is 7.26. The first-order chi connectivity index (χ1) is 11.8. The highest BCUT2D eigenvalue weighted by Crippen LogP contribution is 2.10. The minimum atomic E-state index is -1.13. The van der Waals surface area contributed by atoms with E-state index in [9.17, 15) is 27.2 Å². The Kier molecular flexibility index (Phi) is 7.78. The maximum absolute atomic E-state index is 12.5. The SMILES string of the molecule is O=C(O)/C=C/c1ccc(F)c(F)c1.O=C/C=C/c1ccc(F)c(F)c1. The monoisotopic (exact) mass is 352 g/mol. The van der Waals surface area contributed by atoms with Crippen molar-refractivity contribution in [2.24, 2.45) is 0 Å². The predicted octanol–water partition coefficient (Wildman–Crippen LogP) is 4.24. The fraction of sp³-hybridized carbons (Fsp3) is 0. The van der Waals surface area contributed by atoms with Crippen LogP contribution < -0.4 is 0 Å². The molecule has 2 aromatic carbocycles. The highest BCUT2D eigenvalue weighted by molar-refractivity contribution is 5.85. The van der Waals surface area contributed by atoms with Gasteiger partial charge in [-0.2, -0.15) is 0 Å². The molecule has 3 nitrogen and oxygen atoms in total. The fourth-order valence-corrected chi connectivity index (χ4v) is 1.55. The molecule has 0 unspecified atom stereocenters. The Balaban J connectivity index is 0.000000251. The second kappa shape index (κ2) is 9.82. The van der Waals surface area contributed by atoms with Crippen LogP contribution in [0.1, 0.15) is 11.1 Å². The molecule has 7 heteroatoms. The van der Waals surface area contributed by atoms with Crippen LogP contribution in [0.4, 0.5) is 17.6 Å². The number of aldehydes is 1. The summed E-state index contributed by atoms with van der Waals surface area (Å²) in [6.45, 7) is 0. The minimum Gasteiger partial charge on any atom is -0.478 e. The number of carboxylic acid groups (broad SMARTS) is 1. The third-order valence-electron chi connectivity index (χ3n) is 2.67. The summed E-state index contributed by atoms with van der Waals surface area (Å²) in [5.41, 5.74) is 0.766. The number of carbonyl (C=O) groups excluding carboxylic acids is 1. The lowest BCUT2D eigenvalue weighted by molar-refractivity contribution is -0.131. The van der Waals surface area contributed by atoms with Crippen LogP contribution in [-0.2, 0) is 9.59 Å². The second-order valence-corrected chi connectivity index (χ2v) is 4.51. The summed E-state index contributed by atoms with van der Waals surface area (Å²) in [6.07, 6.45) is 5.22. The molecule has 1 N–H and O–H groups in total. The standard InChI is InChI=1S/C9H6F2O2.C9H6F2O/c10-7-3-1-6(5-8(7)11)2-4-9(12)13;10-8-4-3-7(2-1-5-12)6-9(8)11/h1-5H,(H,12,13);1-6H/b4-2+;2-1+. The van der Waals surface area contributed by atoms with E-state index in [1.54, 1.807) is 0 Å². The minimum absolute atomic E-state index is 0.307. The van der Waals surface area contributed by atoms with Gasteiger partial charge in [-0.3, -0.25) is 4.79 Å². The largest absolute Gasteiger partial charge is 0.478 e. The van der Waals surface area contributed by atoms with Gasteiger partial charge in [-0.25, -0.2) is 22.4 Å². The van der Waals surface area contributed by atoms with Crippen LogP contribution in [-0.4, -0.2) is 17.4 Å². The molecule has 0 radical (unpaired) electrons. The van der Waals surface area contributed by atoms with Gasteiger partial charge < -0.3 is 5.11 Å². The summed E-state index contributed by atoms with van der Waals surface area (Å²) in [5, 5.41) is 8.24. The van der Waals surface area contributed by atoms with Gasteiger partial charge in [0.2, 0.25) is 0 Å². The first-order valence-electron chi connectivity index (χ1n) is 6.76. The Hall–Kier alpha value is -3.22. The molecule has 0 amide bonds. The number of hydrogen-bond donors (Lipinski definition) is 1. The number of carboxylic acids is 1. The highest BCUT2D eigenvalue weighted by atomic mass is 19.2. The molecule has 0 saturated heterocycles. The summed E-state index contributed by atoms with van der Waals surface area (Å²) >= 11 is 0. The molecule has 0 bridgehead atoms. The third-order valence-corrected chi connectivity index (χ3v) is 2.67. The molecule has 25 heavy (non-hydrogen) atoms. The molecular formula is C18H12F4O3. The van der Waals surface area contributed by atoms with Gasteiger partial charge in [0.25, 0.3) is 0 Å². The van der Waals surface area contributed by atoms with Crippen LogP contribution in [0, 0.1) is 23.3 Å². The Labute approximate surface area is 140 Å². The molecule has 0 atom stereocenters. The average Bonchev–Trinajstić information content (AvgIpc) is 2.57. The van der Waals surface area contributed by atoms with E-state index in [-0.39, 0.29) is 0 Å². The van der Waals surface area contributed by atoms with E-state index in [1.165, 1.54) is 30.4 Å². The lowest BCUT2D eigenvalue weighted by Crippen LogP contribution is -1.87. The van der Waals surface area contributed by atoms with Crippen LogP contribution in [0.5, 0.6) is 0 Å². The molecular weight excluding hydrogens is 340 g/mol. The van der Waals surface area contributed by atoms with Crippen molar-refractivity contribution in [1.82, 2.24) is 0 Å². The van der Waals surface area contributed by atoms with Crippen molar-refractivity contribution in [2.75, 3.05) is 0 Å². The highest BCUT2D eigenvalue weighted by Gasteiger charge is 2.00. The van der Waals surface area contributed by atoms with Crippen molar-refractivity contribution in [3.8, 4) is 0 Å². The summed E-state index contributed by atoms with van der Waals surface area (Å²) in [4.78, 5) is 19.9. The number of halogens is 4. The van der Waals surface area contributed by atoms with Crippen molar-refractivity contribution in [1.29, 1.82) is 0 Å². The van der Waals surface area contributed by atoms with Gasteiger partial charge in [0.1, 0.15) is 6.29 Å². The van der Waals surface area contributed by atoms with Gasteiger partial charge in [-0.1, -0.05) is 18.2 Å². The summed E-state index contributed by atoms with van der Waals surface area (Å²) in [7, 11) is 0. The normalized spacial score (nSPS) is 10.6. The molecule has 2 rings (SSSR count). The van der Waals surface area contributed by atoms with Crippen LogP contribution in [0.2, 0.25) is 0 Å². The van der Waals surface area contributed by atoms with Crippen molar-refractivity contribution in [3.63, 3.8) is 0 Å². The van der Waals surface area contributed by atoms with Gasteiger partial charge in [-0.05, 0) is 47.5 Å². The zero-order chi connectivity index (χ0) is 18.8. The lowest BCUT2D eigenvalue weighted by Gasteiger charge is -1.94. The Morgan fingerprint density at radius 2 is 1.28 bits per heavy atom. The molecule has 0 heterocycles. The molecule has 0 aliphatic heterocycles. The van der Waals surface area contributed by atoms with E-state index in [0.29, 0.717) is 17.4 Å². The smallest absolute Gasteiger partial charge is 0.328 e. The number of aliphatic carboxylic acids is 1. The van der Waals surface area contributed by atoms with Crippen LogP contribution >= 0.6 is 0 Å². The van der Waals surface area contributed by atoms with Gasteiger partial charge in [0, 0.05) is 6.08 Å². The summed E-state index contributed by atoms with van der Waals surface area (Å²) in [6, 6.07) is 6.58. The number of benzene rings is 2. The maximum Gasteiger partial charge on any atom is 0.328 e. The Morgan fingerprint density at radius 3 is 1.68 bits per heavy atom. The van der Waals surface area contributed by atoms with Crippen molar-refractivity contribution >= 4 is 24.4 Å². The summed E-state index contributed by atoms with van der Waals surface area (Å²) < 4.78 is 49.8. The van der Waals surface area contributed by atoms with Crippen LogP contribution in [0.3, 0.4) is 0 Å². The van der Waals surface area contributed by atoms with E-state index < -0.39 is 29.2 Å². The molecule has 0 aliphatic carbocycles. The molecule has 0 spiro atoms. The molecule has 0 saturated carbocycles. The average molecular weight is 352 g/mol. The molecule has 2 aromatic rings. The van der Waals surface area contributed by atoms with E-state index in [1.807, 2.05) is 0 Å². The number of rotatable bonds is 4. The molecule has 0 aliphatic rings.